The molecule has 2 atom stereocenters. The Bertz CT molecular complexity index is 519. The standard InChI is InChI=1S/C14H15F3N2O/c15-14(16,17)9-3-1-2-8(4-9)13(20)19-7-12-10-5-18-6-11(10)12/h1-4,10-12,18H,5-7H2,(H,19,20). The van der Waals surface area contributed by atoms with Crippen LogP contribution in [-0.4, -0.2) is 25.5 Å². The summed E-state index contributed by atoms with van der Waals surface area (Å²) in [5.41, 5.74) is -0.735. The number of nitrogens with one attached hydrogen (secondary N) is 2. The molecular formula is C14H15F3N2O. The number of amides is 1. The number of carbonyl (C=O) groups excluding carboxylic acids is 1. The minimum absolute atomic E-state index is 0.0590. The predicted octanol–water partition coefficient (Wildman–Crippen LogP) is 1.90. The van der Waals surface area contributed by atoms with Gasteiger partial charge in [0.05, 0.1) is 5.56 Å². The van der Waals surface area contributed by atoms with Gasteiger partial charge in [-0.2, -0.15) is 13.2 Å². The molecule has 1 heterocycles. The van der Waals surface area contributed by atoms with Crippen molar-refractivity contribution in [2.75, 3.05) is 19.6 Å². The van der Waals surface area contributed by atoms with E-state index in [4.69, 9.17) is 0 Å². The lowest BCUT2D eigenvalue weighted by Gasteiger charge is -2.10. The first-order chi connectivity index (χ1) is 9.47. The van der Waals surface area contributed by atoms with Crippen LogP contribution in [0.4, 0.5) is 13.2 Å². The lowest BCUT2D eigenvalue weighted by Crippen LogP contribution is -2.28. The zero-order valence-electron chi connectivity index (χ0n) is 10.7. The van der Waals surface area contributed by atoms with E-state index in [1.165, 1.54) is 12.1 Å². The molecule has 6 heteroatoms. The van der Waals surface area contributed by atoms with Gasteiger partial charge >= 0.3 is 6.18 Å². The van der Waals surface area contributed by atoms with Crippen LogP contribution >= 0.6 is 0 Å². The minimum atomic E-state index is -4.42. The molecule has 1 saturated heterocycles. The zero-order valence-corrected chi connectivity index (χ0v) is 10.7. The molecule has 0 spiro atoms. The molecule has 108 valence electrons. The van der Waals surface area contributed by atoms with E-state index >= 15 is 0 Å². The van der Waals surface area contributed by atoms with Crippen molar-refractivity contribution in [3.8, 4) is 0 Å². The van der Waals surface area contributed by atoms with Crippen molar-refractivity contribution in [1.82, 2.24) is 10.6 Å². The molecule has 1 aromatic rings. The van der Waals surface area contributed by atoms with Crippen LogP contribution in [-0.2, 0) is 6.18 Å². The monoisotopic (exact) mass is 284 g/mol. The van der Waals surface area contributed by atoms with Crippen molar-refractivity contribution in [2.45, 2.75) is 6.18 Å². The first kappa shape index (κ1) is 13.4. The van der Waals surface area contributed by atoms with Gasteiger partial charge in [-0.05, 0) is 49.0 Å². The van der Waals surface area contributed by atoms with Crippen molar-refractivity contribution in [3.05, 3.63) is 35.4 Å². The van der Waals surface area contributed by atoms with Crippen molar-refractivity contribution in [3.63, 3.8) is 0 Å². The molecule has 2 N–H and O–H groups in total. The second-order valence-electron chi connectivity index (χ2n) is 5.44. The topological polar surface area (TPSA) is 41.1 Å². The minimum Gasteiger partial charge on any atom is -0.352 e. The SMILES string of the molecule is O=C(NCC1C2CNCC21)c1cccc(C(F)(F)F)c1. The Morgan fingerprint density at radius 1 is 1.30 bits per heavy atom. The smallest absolute Gasteiger partial charge is 0.352 e. The number of hydrogen-bond donors (Lipinski definition) is 2. The van der Waals surface area contributed by atoms with Gasteiger partial charge in [-0.25, -0.2) is 0 Å². The summed E-state index contributed by atoms with van der Waals surface area (Å²) in [6, 6.07) is 4.52. The second kappa shape index (κ2) is 4.77. The maximum atomic E-state index is 12.6. The number of benzene rings is 1. The van der Waals surface area contributed by atoms with Gasteiger partial charge in [0, 0.05) is 12.1 Å². The number of halogens is 3. The number of alkyl halides is 3. The van der Waals surface area contributed by atoms with Crippen LogP contribution in [0.3, 0.4) is 0 Å². The molecule has 2 unspecified atom stereocenters. The molecule has 20 heavy (non-hydrogen) atoms. The van der Waals surface area contributed by atoms with Crippen LogP contribution < -0.4 is 10.6 Å². The fourth-order valence-electron chi connectivity index (χ4n) is 3.00. The first-order valence-corrected chi connectivity index (χ1v) is 6.63. The summed E-state index contributed by atoms with van der Waals surface area (Å²) >= 11 is 0. The van der Waals surface area contributed by atoms with Crippen LogP contribution in [0.15, 0.2) is 24.3 Å². The summed E-state index contributed by atoms with van der Waals surface area (Å²) in [5.74, 6) is 1.29. The molecule has 2 aliphatic rings. The largest absolute Gasteiger partial charge is 0.416 e. The number of rotatable bonds is 3. The van der Waals surface area contributed by atoms with Crippen molar-refractivity contribution in [1.29, 1.82) is 0 Å². The Balaban J connectivity index is 1.60. The summed E-state index contributed by atoms with van der Waals surface area (Å²) in [4.78, 5) is 11.9. The first-order valence-electron chi connectivity index (χ1n) is 6.63. The molecule has 3 nitrogen and oxygen atoms in total. The second-order valence-corrected chi connectivity index (χ2v) is 5.44. The van der Waals surface area contributed by atoms with E-state index in [9.17, 15) is 18.0 Å². The molecule has 1 amide bonds. The highest BCUT2D eigenvalue weighted by molar-refractivity contribution is 5.94. The Morgan fingerprint density at radius 2 is 2.00 bits per heavy atom. The van der Waals surface area contributed by atoms with Crippen molar-refractivity contribution in [2.24, 2.45) is 17.8 Å². The van der Waals surface area contributed by atoms with Gasteiger partial charge in [0.2, 0.25) is 0 Å². The molecule has 1 aliphatic heterocycles. The fraction of sp³-hybridized carbons (Fsp3) is 0.500. The van der Waals surface area contributed by atoms with Gasteiger partial charge in [-0.3, -0.25) is 4.79 Å². The van der Waals surface area contributed by atoms with Crippen LogP contribution in [0.5, 0.6) is 0 Å². The van der Waals surface area contributed by atoms with E-state index in [2.05, 4.69) is 10.6 Å². The van der Waals surface area contributed by atoms with Crippen molar-refractivity contribution < 1.29 is 18.0 Å². The van der Waals surface area contributed by atoms with E-state index in [0.29, 0.717) is 24.3 Å². The van der Waals surface area contributed by atoms with Crippen LogP contribution in [0.2, 0.25) is 0 Å². The zero-order chi connectivity index (χ0) is 14.3. The number of fused-ring (bicyclic) bond motifs is 1. The molecule has 0 bridgehead atoms. The van der Waals surface area contributed by atoms with Crippen LogP contribution in [0, 0.1) is 17.8 Å². The lowest BCUT2D eigenvalue weighted by molar-refractivity contribution is -0.137. The van der Waals surface area contributed by atoms with E-state index in [1.807, 2.05) is 0 Å². The molecule has 3 rings (SSSR count). The van der Waals surface area contributed by atoms with Crippen LogP contribution in [0.25, 0.3) is 0 Å². The maximum Gasteiger partial charge on any atom is 0.416 e. The Morgan fingerprint density at radius 3 is 2.65 bits per heavy atom. The Labute approximate surface area is 114 Å². The van der Waals surface area contributed by atoms with Crippen molar-refractivity contribution >= 4 is 5.91 Å². The molecular weight excluding hydrogens is 269 g/mol. The number of hydrogen-bond acceptors (Lipinski definition) is 2. The molecule has 1 saturated carbocycles. The quantitative estimate of drug-likeness (QED) is 0.890. The van der Waals surface area contributed by atoms with E-state index in [0.717, 1.165) is 25.2 Å². The maximum absolute atomic E-state index is 12.6. The van der Waals surface area contributed by atoms with Gasteiger partial charge in [0.1, 0.15) is 0 Å². The Hall–Kier alpha value is -1.56. The fourth-order valence-corrected chi connectivity index (χ4v) is 3.00. The van der Waals surface area contributed by atoms with Gasteiger partial charge in [-0.1, -0.05) is 6.07 Å². The highest BCUT2D eigenvalue weighted by Crippen LogP contribution is 2.48. The van der Waals surface area contributed by atoms with Gasteiger partial charge in [0.15, 0.2) is 0 Å². The molecule has 1 aliphatic carbocycles. The molecule has 0 aromatic heterocycles. The summed E-state index contributed by atoms with van der Waals surface area (Å²) in [7, 11) is 0. The third kappa shape index (κ3) is 2.52. The molecule has 2 fully saturated rings. The third-order valence-corrected chi connectivity index (χ3v) is 4.22. The lowest BCUT2D eigenvalue weighted by atomic mass is 10.1. The van der Waals surface area contributed by atoms with E-state index < -0.39 is 17.6 Å². The Kier molecular flexibility index (Phi) is 3.20. The van der Waals surface area contributed by atoms with Gasteiger partial charge < -0.3 is 10.6 Å². The predicted molar refractivity (Wildman–Crippen MR) is 67.1 cm³/mol. The summed E-state index contributed by atoms with van der Waals surface area (Å²) < 4.78 is 37.7. The normalized spacial score (nSPS) is 28.1. The third-order valence-electron chi connectivity index (χ3n) is 4.22. The highest BCUT2D eigenvalue weighted by atomic mass is 19.4. The highest BCUT2D eigenvalue weighted by Gasteiger charge is 2.52. The van der Waals surface area contributed by atoms with Gasteiger partial charge in [0.25, 0.3) is 5.91 Å². The summed E-state index contributed by atoms with van der Waals surface area (Å²) in [6.07, 6.45) is -4.42. The average molecular weight is 284 g/mol. The average Bonchev–Trinajstić information content (AvgIpc) is 2.83. The van der Waals surface area contributed by atoms with Gasteiger partial charge in [-0.15, -0.1) is 0 Å². The van der Waals surface area contributed by atoms with E-state index in [-0.39, 0.29) is 5.56 Å². The van der Waals surface area contributed by atoms with E-state index in [1.54, 1.807) is 0 Å². The summed E-state index contributed by atoms with van der Waals surface area (Å²) in [5, 5.41) is 5.99. The van der Waals surface area contributed by atoms with Crippen LogP contribution in [0.1, 0.15) is 15.9 Å². The summed E-state index contributed by atoms with van der Waals surface area (Å²) in [6.45, 7) is 2.51. The number of piperidine rings is 1. The number of carbonyl (C=O) groups is 1. The molecule has 0 radical (unpaired) electrons. The molecule has 1 aromatic carbocycles.